The zero-order chi connectivity index (χ0) is 22.8. The van der Waals surface area contributed by atoms with Crippen LogP contribution in [0.2, 0.25) is 0 Å². The van der Waals surface area contributed by atoms with Crippen LogP contribution in [0.4, 0.5) is 45.4 Å². The molecule has 3 heterocycles. The third-order valence-electron chi connectivity index (χ3n) is 4.05. The quantitative estimate of drug-likeness (QED) is 0.490. The maximum atomic E-state index is 13.6. The molecule has 0 radical (unpaired) electrons. The number of nitrogens with two attached hydrogens (primary N) is 1. The van der Waals surface area contributed by atoms with Crippen LogP contribution < -0.4 is 16.4 Å². The van der Waals surface area contributed by atoms with Crippen molar-refractivity contribution in [1.29, 1.82) is 0 Å². The first kappa shape index (κ1) is 22.1. The van der Waals surface area contributed by atoms with Crippen LogP contribution in [0, 0.1) is 0 Å². The number of rotatable bonds is 6. The van der Waals surface area contributed by atoms with Gasteiger partial charge in [-0.15, -0.1) is 0 Å². The van der Waals surface area contributed by atoms with Crippen molar-refractivity contribution < 1.29 is 22.0 Å². The van der Waals surface area contributed by atoms with E-state index in [-0.39, 0.29) is 34.9 Å². The molecular formula is C18H17F5N8. The van der Waals surface area contributed by atoms with Crippen molar-refractivity contribution in [2.75, 3.05) is 16.4 Å². The summed E-state index contributed by atoms with van der Waals surface area (Å²) in [5, 5.41) is 5.07. The summed E-state index contributed by atoms with van der Waals surface area (Å²) in [4.78, 5) is 19.5. The molecule has 0 bridgehead atoms. The van der Waals surface area contributed by atoms with Crippen molar-refractivity contribution in [3.05, 3.63) is 42.2 Å². The predicted molar refractivity (Wildman–Crippen MR) is 104 cm³/mol. The Morgan fingerprint density at radius 1 is 0.968 bits per heavy atom. The molecule has 0 fully saturated rings. The number of nitrogens with one attached hydrogen (secondary N) is 2. The van der Waals surface area contributed by atoms with E-state index in [9.17, 15) is 22.0 Å². The second-order valence-electron chi connectivity index (χ2n) is 6.63. The van der Waals surface area contributed by atoms with E-state index < -0.39 is 23.8 Å². The highest BCUT2D eigenvalue weighted by Gasteiger charge is 2.33. The number of hydrogen-bond acceptors (Lipinski definition) is 8. The van der Waals surface area contributed by atoms with E-state index in [0.29, 0.717) is 0 Å². The fourth-order valence-corrected chi connectivity index (χ4v) is 2.30. The van der Waals surface area contributed by atoms with Crippen LogP contribution in [0.15, 0.2) is 36.5 Å². The Kier molecular flexibility index (Phi) is 5.86. The van der Waals surface area contributed by atoms with Gasteiger partial charge in [0.15, 0.2) is 5.82 Å². The molecular weight excluding hydrogens is 423 g/mol. The zero-order valence-corrected chi connectivity index (χ0v) is 16.2. The smallest absolute Gasteiger partial charge is 0.384 e. The van der Waals surface area contributed by atoms with Crippen LogP contribution in [0.1, 0.15) is 19.5 Å². The van der Waals surface area contributed by atoms with Gasteiger partial charge in [-0.05, 0) is 31.2 Å². The molecule has 0 spiro atoms. The number of alkyl halides is 5. The highest BCUT2D eigenvalue weighted by Crippen LogP contribution is 2.30. The summed E-state index contributed by atoms with van der Waals surface area (Å²) in [6, 6.07) is 5.33. The van der Waals surface area contributed by atoms with Gasteiger partial charge >= 0.3 is 6.18 Å². The minimum atomic E-state index is -4.65. The Morgan fingerprint density at radius 2 is 1.68 bits per heavy atom. The monoisotopic (exact) mass is 440 g/mol. The van der Waals surface area contributed by atoms with Gasteiger partial charge < -0.3 is 16.4 Å². The van der Waals surface area contributed by atoms with Gasteiger partial charge in [-0.1, -0.05) is 6.07 Å². The molecule has 0 aromatic carbocycles. The molecule has 0 aliphatic heterocycles. The lowest BCUT2D eigenvalue weighted by molar-refractivity contribution is -0.141. The predicted octanol–water partition coefficient (Wildman–Crippen LogP) is 4.13. The maximum Gasteiger partial charge on any atom is 0.433 e. The van der Waals surface area contributed by atoms with Crippen LogP contribution in [0.3, 0.4) is 0 Å². The second kappa shape index (κ2) is 8.24. The van der Waals surface area contributed by atoms with Gasteiger partial charge in [0.2, 0.25) is 11.9 Å². The van der Waals surface area contributed by atoms with E-state index in [0.717, 1.165) is 19.2 Å². The van der Waals surface area contributed by atoms with Gasteiger partial charge in [-0.2, -0.15) is 28.1 Å². The first-order chi connectivity index (χ1) is 14.4. The van der Waals surface area contributed by atoms with Crippen LogP contribution in [-0.2, 0) is 6.18 Å². The highest BCUT2D eigenvalue weighted by molar-refractivity contribution is 5.60. The third-order valence-corrected chi connectivity index (χ3v) is 4.05. The molecule has 8 nitrogen and oxygen atoms in total. The fraction of sp³-hybridized carbons (Fsp3) is 0.278. The van der Waals surface area contributed by atoms with Gasteiger partial charge in [0.1, 0.15) is 17.2 Å². The van der Waals surface area contributed by atoms with Crippen molar-refractivity contribution in [2.45, 2.75) is 32.0 Å². The highest BCUT2D eigenvalue weighted by atomic mass is 19.4. The first-order valence-corrected chi connectivity index (χ1v) is 8.85. The van der Waals surface area contributed by atoms with E-state index in [2.05, 4.69) is 35.6 Å². The molecule has 31 heavy (non-hydrogen) atoms. The second-order valence-corrected chi connectivity index (χ2v) is 6.63. The molecule has 13 heteroatoms. The van der Waals surface area contributed by atoms with E-state index in [1.807, 2.05) is 0 Å². The normalized spacial score (nSPS) is 13.0. The van der Waals surface area contributed by atoms with Crippen LogP contribution in [0.25, 0.3) is 11.5 Å². The van der Waals surface area contributed by atoms with Gasteiger partial charge in [0.25, 0.3) is 5.92 Å². The number of aromatic nitrogens is 5. The number of halogens is 5. The summed E-state index contributed by atoms with van der Waals surface area (Å²) in [6.07, 6.45) is -3.69. The minimum Gasteiger partial charge on any atom is -0.384 e. The van der Waals surface area contributed by atoms with Crippen molar-refractivity contribution >= 4 is 23.4 Å². The minimum absolute atomic E-state index is 0.0140. The third kappa shape index (κ3) is 5.71. The summed E-state index contributed by atoms with van der Waals surface area (Å²) >= 11 is 0. The topological polar surface area (TPSA) is 115 Å². The standard InChI is InChI=1S/C18H17F5N8/c1-9(17(2,19)20)26-15-29-14(11-4-3-5-13(24)28-11)30-16(31-15)27-10-6-7-25-12(8-10)18(21,22)23/h3-9H,1-2H3,(H2,24,28)(H2,25,26,27,29,30,31). The molecule has 1 atom stereocenters. The Balaban J connectivity index is 2.01. The molecule has 3 aromatic heterocycles. The summed E-state index contributed by atoms with van der Waals surface area (Å²) < 4.78 is 65.9. The molecule has 3 rings (SSSR count). The zero-order valence-electron chi connectivity index (χ0n) is 16.2. The molecule has 0 aliphatic rings. The lowest BCUT2D eigenvalue weighted by atomic mass is 10.2. The van der Waals surface area contributed by atoms with Gasteiger partial charge in [-0.3, -0.25) is 4.98 Å². The number of nitrogens with zero attached hydrogens (tertiary/aromatic N) is 5. The first-order valence-electron chi connectivity index (χ1n) is 8.85. The fourth-order valence-electron chi connectivity index (χ4n) is 2.30. The van der Waals surface area contributed by atoms with E-state index in [4.69, 9.17) is 5.73 Å². The van der Waals surface area contributed by atoms with Crippen LogP contribution in [-0.4, -0.2) is 36.9 Å². The Hall–Kier alpha value is -3.64. The maximum absolute atomic E-state index is 13.6. The van der Waals surface area contributed by atoms with Gasteiger partial charge in [0.05, 0.1) is 6.04 Å². The van der Waals surface area contributed by atoms with Crippen molar-refractivity contribution in [3.8, 4) is 11.5 Å². The molecule has 0 saturated carbocycles. The summed E-state index contributed by atoms with van der Waals surface area (Å²) in [5.41, 5.74) is 4.75. The lowest BCUT2D eigenvalue weighted by Crippen LogP contribution is -2.35. The molecule has 0 amide bonds. The van der Waals surface area contributed by atoms with E-state index in [1.165, 1.54) is 25.1 Å². The average Bonchev–Trinajstić information content (AvgIpc) is 2.66. The number of anilines is 4. The Morgan fingerprint density at radius 3 is 2.32 bits per heavy atom. The largest absolute Gasteiger partial charge is 0.433 e. The van der Waals surface area contributed by atoms with E-state index >= 15 is 0 Å². The van der Waals surface area contributed by atoms with Crippen molar-refractivity contribution in [3.63, 3.8) is 0 Å². The molecule has 1 unspecified atom stereocenters. The van der Waals surface area contributed by atoms with E-state index in [1.54, 1.807) is 6.07 Å². The molecule has 0 aliphatic carbocycles. The number of hydrogen-bond donors (Lipinski definition) is 3. The summed E-state index contributed by atoms with van der Waals surface area (Å²) in [7, 11) is 0. The lowest BCUT2D eigenvalue weighted by Gasteiger charge is -2.21. The van der Waals surface area contributed by atoms with Gasteiger partial charge in [-0.25, -0.2) is 13.8 Å². The molecule has 3 aromatic rings. The molecule has 4 N–H and O–H groups in total. The summed E-state index contributed by atoms with van der Waals surface area (Å²) in [5.74, 6) is -3.37. The molecule has 0 saturated heterocycles. The number of pyridine rings is 2. The Bertz CT molecular complexity index is 1070. The average molecular weight is 440 g/mol. The van der Waals surface area contributed by atoms with Crippen LogP contribution in [0.5, 0.6) is 0 Å². The van der Waals surface area contributed by atoms with Gasteiger partial charge in [0, 0.05) is 18.8 Å². The van der Waals surface area contributed by atoms with Crippen molar-refractivity contribution in [2.24, 2.45) is 0 Å². The molecule has 164 valence electrons. The summed E-state index contributed by atoms with van der Waals surface area (Å²) in [6.45, 7) is 1.95. The SMILES string of the molecule is CC(Nc1nc(Nc2ccnc(C(F)(F)F)c2)nc(-c2cccc(N)n2)n1)C(C)(F)F. The van der Waals surface area contributed by atoms with Crippen molar-refractivity contribution in [1.82, 2.24) is 24.9 Å². The van der Waals surface area contributed by atoms with Crippen LogP contribution >= 0.6 is 0 Å². The Labute approximate surface area is 173 Å². The number of nitrogen functional groups attached to an aromatic ring is 1.